The van der Waals surface area contributed by atoms with Crippen LogP contribution in [-0.4, -0.2) is 36.0 Å². The second kappa shape index (κ2) is 8.95. The number of carbonyl (C=O) groups excluding carboxylic acids is 2. The number of aromatic nitrogens is 1. The number of ketones is 1. The van der Waals surface area contributed by atoms with Gasteiger partial charge in [0, 0.05) is 23.3 Å². The molecule has 3 aromatic carbocycles. The number of fused-ring (bicyclic) bond motifs is 1. The predicted octanol–water partition coefficient (Wildman–Crippen LogP) is 4.88. The summed E-state index contributed by atoms with van der Waals surface area (Å²) >= 11 is 0. The average molecular weight is 466 g/mol. The highest BCUT2D eigenvalue weighted by atomic mass is 16.5. The van der Waals surface area contributed by atoms with Crippen LogP contribution in [0.25, 0.3) is 16.5 Å². The van der Waals surface area contributed by atoms with Gasteiger partial charge >= 0.3 is 0 Å². The van der Waals surface area contributed by atoms with E-state index in [-0.39, 0.29) is 11.3 Å². The summed E-state index contributed by atoms with van der Waals surface area (Å²) in [6, 6.07) is 20.7. The molecule has 0 radical (unpaired) electrons. The minimum Gasteiger partial charge on any atom is -0.507 e. The molecule has 1 fully saturated rings. The molecule has 7 heteroatoms. The zero-order valence-corrected chi connectivity index (χ0v) is 19.1. The number of aliphatic hydroxyl groups is 1. The minimum atomic E-state index is -0.850. The van der Waals surface area contributed by atoms with Gasteiger partial charge in [-0.05, 0) is 47.3 Å². The van der Waals surface area contributed by atoms with Gasteiger partial charge in [0.15, 0.2) is 11.5 Å². The molecule has 1 aliphatic heterocycles. The number of methoxy groups -OCH3 is 2. The third-order valence-corrected chi connectivity index (χ3v) is 6.15. The normalized spacial score (nSPS) is 17.1. The number of rotatable bonds is 5. The fraction of sp³-hybridized carbons (Fsp3) is 0.107. The molecule has 1 aromatic heterocycles. The van der Waals surface area contributed by atoms with Crippen LogP contribution in [0.5, 0.6) is 11.5 Å². The zero-order chi connectivity index (χ0) is 24.5. The highest BCUT2D eigenvalue weighted by Gasteiger charge is 2.47. The van der Waals surface area contributed by atoms with Crippen LogP contribution >= 0.6 is 0 Å². The Balaban J connectivity index is 1.75. The molecule has 7 nitrogen and oxygen atoms in total. The second-order valence-corrected chi connectivity index (χ2v) is 8.02. The number of amides is 1. The maximum absolute atomic E-state index is 13.5. The monoisotopic (exact) mass is 466 g/mol. The summed E-state index contributed by atoms with van der Waals surface area (Å²) in [5.41, 5.74) is 1.55. The van der Waals surface area contributed by atoms with E-state index in [0.29, 0.717) is 28.3 Å². The van der Waals surface area contributed by atoms with E-state index >= 15 is 0 Å². The van der Waals surface area contributed by atoms with E-state index in [1.165, 1.54) is 19.1 Å². The van der Waals surface area contributed by atoms with Crippen LogP contribution in [0.3, 0.4) is 0 Å². The smallest absolute Gasteiger partial charge is 0.300 e. The number of hydrogen-bond donors (Lipinski definition) is 1. The molecule has 5 rings (SSSR count). The van der Waals surface area contributed by atoms with E-state index in [1.807, 2.05) is 36.4 Å². The summed E-state index contributed by atoms with van der Waals surface area (Å²) in [5, 5.41) is 13.1. The standard InChI is InChI=1S/C28H22N2O5/c1-34-22-11-10-19(16-23(22)35-2)26(31)24-25(18-12-14-29-15-13-18)30(28(33)27(24)32)21-9-5-7-17-6-3-4-8-20(17)21/h3-16,25,31H,1-2H3/b26-24+. The van der Waals surface area contributed by atoms with Crippen LogP contribution in [0.15, 0.2) is 90.8 Å². The Morgan fingerprint density at radius 2 is 1.60 bits per heavy atom. The molecule has 1 unspecified atom stereocenters. The van der Waals surface area contributed by atoms with Crippen LogP contribution in [0.1, 0.15) is 17.2 Å². The number of benzene rings is 3. The van der Waals surface area contributed by atoms with E-state index in [9.17, 15) is 14.7 Å². The molecule has 0 bridgehead atoms. The Labute approximate surface area is 201 Å². The molecule has 0 aliphatic carbocycles. The first-order valence-electron chi connectivity index (χ1n) is 11.0. The predicted molar refractivity (Wildman–Crippen MR) is 133 cm³/mol. The molecule has 0 spiro atoms. The van der Waals surface area contributed by atoms with Crippen LogP contribution in [-0.2, 0) is 9.59 Å². The van der Waals surface area contributed by atoms with Crippen molar-refractivity contribution in [1.82, 2.24) is 4.98 Å². The fourth-order valence-corrected chi connectivity index (χ4v) is 4.50. The lowest BCUT2D eigenvalue weighted by atomic mass is 9.95. The van der Waals surface area contributed by atoms with E-state index in [1.54, 1.807) is 48.8 Å². The molecule has 1 atom stereocenters. The summed E-state index contributed by atoms with van der Waals surface area (Å²) in [7, 11) is 2.99. The Morgan fingerprint density at radius 1 is 0.886 bits per heavy atom. The summed E-state index contributed by atoms with van der Waals surface area (Å²) in [6.07, 6.45) is 3.18. The number of pyridine rings is 1. The van der Waals surface area contributed by atoms with Gasteiger partial charge in [0.05, 0.1) is 31.5 Å². The quantitative estimate of drug-likeness (QED) is 0.256. The van der Waals surface area contributed by atoms with Gasteiger partial charge in [-0.25, -0.2) is 0 Å². The van der Waals surface area contributed by atoms with Crippen molar-refractivity contribution < 1.29 is 24.2 Å². The summed E-state index contributed by atoms with van der Waals surface area (Å²) in [5.74, 6) is -0.919. The minimum absolute atomic E-state index is 0.0126. The third kappa shape index (κ3) is 3.67. The van der Waals surface area contributed by atoms with Gasteiger partial charge in [0.2, 0.25) is 0 Å². The molecular formula is C28H22N2O5. The molecule has 35 heavy (non-hydrogen) atoms. The van der Waals surface area contributed by atoms with Gasteiger partial charge < -0.3 is 14.6 Å². The van der Waals surface area contributed by atoms with Crippen molar-refractivity contribution >= 4 is 33.9 Å². The number of Topliss-reactive ketones (excluding diaryl/α,β-unsaturated/α-hetero) is 1. The van der Waals surface area contributed by atoms with E-state index in [4.69, 9.17) is 9.47 Å². The van der Waals surface area contributed by atoms with Crippen molar-refractivity contribution in [3.8, 4) is 11.5 Å². The van der Waals surface area contributed by atoms with Gasteiger partial charge in [-0.3, -0.25) is 19.5 Å². The highest BCUT2D eigenvalue weighted by Crippen LogP contribution is 2.44. The SMILES string of the molecule is COc1ccc(/C(O)=C2\C(=O)C(=O)N(c3cccc4ccccc34)C2c2ccncc2)cc1OC. The Kier molecular flexibility index (Phi) is 5.66. The van der Waals surface area contributed by atoms with Crippen molar-refractivity contribution in [2.24, 2.45) is 0 Å². The molecule has 1 amide bonds. The summed E-state index contributed by atoms with van der Waals surface area (Å²) in [4.78, 5) is 32.4. The maximum Gasteiger partial charge on any atom is 0.300 e. The third-order valence-electron chi connectivity index (χ3n) is 6.15. The largest absolute Gasteiger partial charge is 0.507 e. The molecular weight excluding hydrogens is 444 g/mol. The number of nitrogens with zero attached hydrogens (tertiary/aromatic N) is 2. The van der Waals surface area contributed by atoms with Crippen LogP contribution in [0.4, 0.5) is 5.69 Å². The lowest BCUT2D eigenvalue weighted by Crippen LogP contribution is -2.29. The first kappa shape index (κ1) is 22.2. The van der Waals surface area contributed by atoms with Crippen molar-refractivity contribution in [1.29, 1.82) is 0 Å². The first-order valence-corrected chi connectivity index (χ1v) is 11.0. The van der Waals surface area contributed by atoms with E-state index < -0.39 is 17.7 Å². The van der Waals surface area contributed by atoms with Crippen molar-refractivity contribution in [3.63, 3.8) is 0 Å². The van der Waals surface area contributed by atoms with Gasteiger partial charge in [0.1, 0.15) is 5.76 Å². The first-order chi connectivity index (χ1) is 17.0. The van der Waals surface area contributed by atoms with Crippen molar-refractivity contribution in [2.45, 2.75) is 6.04 Å². The molecule has 1 N–H and O–H groups in total. The van der Waals surface area contributed by atoms with Gasteiger partial charge in [0.25, 0.3) is 11.7 Å². The van der Waals surface area contributed by atoms with E-state index in [0.717, 1.165) is 10.8 Å². The lowest BCUT2D eigenvalue weighted by Gasteiger charge is -2.26. The van der Waals surface area contributed by atoms with Gasteiger partial charge in [-0.2, -0.15) is 0 Å². The summed E-state index contributed by atoms with van der Waals surface area (Å²) in [6.45, 7) is 0. The highest BCUT2D eigenvalue weighted by molar-refractivity contribution is 6.52. The van der Waals surface area contributed by atoms with Crippen molar-refractivity contribution in [2.75, 3.05) is 19.1 Å². The van der Waals surface area contributed by atoms with Crippen LogP contribution < -0.4 is 14.4 Å². The number of hydrogen-bond acceptors (Lipinski definition) is 6. The molecule has 4 aromatic rings. The molecule has 174 valence electrons. The Hall–Kier alpha value is -4.65. The number of anilines is 1. The molecule has 1 saturated heterocycles. The summed E-state index contributed by atoms with van der Waals surface area (Å²) < 4.78 is 10.6. The molecule has 1 aliphatic rings. The van der Waals surface area contributed by atoms with Crippen LogP contribution in [0, 0.1) is 0 Å². The van der Waals surface area contributed by atoms with Gasteiger partial charge in [-0.1, -0.05) is 36.4 Å². The van der Waals surface area contributed by atoms with E-state index in [2.05, 4.69) is 4.98 Å². The van der Waals surface area contributed by atoms with Crippen molar-refractivity contribution in [3.05, 3.63) is 102 Å². The average Bonchev–Trinajstić information content (AvgIpc) is 3.17. The maximum atomic E-state index is 13.5. The van der Waals surface area contributed by atoms with Gasteiger partial charge in [-0.15, -0.1) is 0 Å². The van der Waals surface area contributed by atoms with Crippen LogP contribution in [0.2, 0.25) is 0 Å². The molecule has 0 saturated carbocycles. The zero-order valence-electron chi connectivity index (χ0n) is 19.1. The Morgan fingerprint density at radius 3 is 2.34 bits per heavy atom. The number of ether oxygens (including phenoxy) is 2. The Bertz CT molecular complexity index is 1470. The number of aliphatic hydroxyl groups excluding tert-OH is 1. The second-order valence-electron chi connectivity index (χ2n) is 8.02. The number of carbonyl (C=O) groups is 2. The topological polar surface area (TPSA) is 89.0 Å². The lowest BCUT2D eigenvalue weighted by molar-refractivity contribution is -0.132. The molecule has 2 heterocycles. The fourth-order valence-electron chi connectivity index (χ4n) is 4.50.